The summed E-state index contributed by atoms with van der Waals surface area (Å²) in [4.78, 5) is 25.4. The molecule has 4 rings (SSSR count). The van der Waals surface area contributed by atoms with Crippen molar-refractivity contribution in [3.63, 3.8) is 0 Å². The van der Waals surface area contributed by atoms with Gasteiger partial charge in [-0.15, -0.1) is 0 Å². The topological polar surface area (TPSA) is 82.6 Å². The first-order valence-corrected chi connectivity index (χ1v) is 12.6. The SMILES string of the molecule is C=CC(=O)Cc1cccc(CNc2nc(Nc3cc(C)c(N4CCN(C)CC4)cc3OC)ncc2Cl)c1. The Hall–Kier alpha value is -3.62. The lowest BCUT2D eigenvalue weighted by Crippen LogP contribution is -2.44. The number of aryl methyl sites for hydroxylation is 1. The van der Waals surface area contributed by atoms with Crippen LogP contribution in [0.5, 0.6) is 5.75 Å². The van der Waals surface area contributed by atoms with Gasteiger partial charge in [-0.1, -0.05) is 42.4 Å². The Morgan fingerprint density at radius 1 is 1.19 bits per heavy atom. The molecule has 37 heavy (non-hydrogen) atoms. The van der Waals surface area contributed by atoms with Gasteiger partial charge in [-0.05, 0) is 42.8 Å². The van der Waals surface area contributed by atoms with Gasteiger partial charge in [-0.2, -0.15) is 4.98 Å². The van der Waals surface area contributed by atoms with E-state index in [1.54, 1.807) is 13.3 Å². The number of hydrogen-bond donors (Lipinski definition) is 2. The van der Waals surface area contributed by atoms with E-state index in [9.17, 15) is 4.79 Å². The van der Waals surface area contributed by atoms with Crippen LogP contribution < -0.4 is 20.3 Å². The molecule has 0 amide bonds. The third kappa shape index (κ3) is 6.78. The van der Waals surface area contributed by atoms with E-state index in [0.29, 0.717) is 29.8 Å². The van der Waals surface area contributed by atoms with E-state index in [0.717, 1.165) is 54.3 Å². The maximum absolute atomic E-state index is 11.7. The molecule has 194 valence electrons. The Morgan fingerprint density at radius 2 is 1.95 bits per heavy atom. The van der Waals surface area contributed by atoms with E-state index >= 15 is 0 Å². The van der Waals surface area contributed by atoms with E-state index in [1.165, 1.54) is 11.8 Å². The number of piperazine rings is 1. The normalized spacial score (nSPS) is 13.8. The molecule has 0 unspecified atom stereocenters. The minimum absolute atomic E-state index is 0.0121. The summed E-state index contributed by atoms with van der Waals surface area (Å²) in [6.07, 6.45) is 3.24. The highest BCUT2D eigenvalue weighted by Crippen LogP contribution is 2.35. The van der Waals surface area contributed by atoms with E-state index < -0.39 is 0 Å². The van der Waals surface area contributed by atoms with Gasteiger partial charge < -0.3 is 25.2 Å². The molecule has 2 aromatic carbocycles. The van der Waals surface area contributed by atoms with Gasteiger partial charge in [0.1, 0.15) is 10.8 Å². The van der Waals surface area contributed by atoms with Crippen LogP contribution in [0.15, 0.2) is 55.3 Å². The number of allylic oxidation sites excluding steroid dienone is 1. The number of halogens is 1. The molecule has 0 spiro atoms. The number of likely N-dealkylation sites (N-methyl/N-ethyl adjacent to an activating group) is 1. The summed E-state index contributed by atoms with van der Waals surface area (Å²) in [7, 11) is 3.81. The van der Waals surface area contributed by atoms with Gasteiger partial charge in [-0.3, -0.25) is 4.79 Å². The standard InChI is InChI=1S/C28H33ClN6O2/c1-5-22(36)15-20-7-6-8-21(14-20)17-30-27-23(29)18-31-28(33-27)32-24-13-19(2)25(16-26(24)37-4)35-11-9-34(3)10-12-35/h5-8,13-14,16,18H,1,9-12,15,17H2,2-4H3,(H2,30,31,32,33). The summed E-state index contributed by atoms with van der Waals surface area (Å²) in [6.45, 7) is 10.2. The van der Waals surface area contributed by atoms with Crippen LogP contribution in [0.3, 0.4) is 0 Å². The number of rotatable bonds is 10. The molecule has 2 N–H and O–H groups in total. The van der Waals surface area contributed by atoms with E-state index in [-0.39, 0.29) is 5.78 Å². The molecule has 0 radical (unpaired) electrons. The van der Waals surface area contributed by atoms with Crippen molar-refractivity contribution in [3.8, 4) is 5.75 Å². The number of ketones is 1. The molecule has 2 heterocycles. The molecular weight excluding hydrogens is 488 g/mol. The minimum atomic E-state index is -0.0121. The molecule has 3 aromatic rings. The van der Waals surface area contributed by atoms with Crippen LogP contribution in [0.2, 0.25) is 5.02 Å². The molecule has 0 aliphatic carbocycles. The van der Waals surface area contributed by atoms with Crippen molar-refractivity contribution in [3.05, 3.63) is 77.0 Å². The second-order valence-electron chi connectivity index (χ2n) is 9.17. The lowest BCUT2D eigenvalue weighted by molar-refractivity contribution is -0.114. The Bertz CT molecular complexity index is 1270. The van der Waals surface area contributed by atoms with E-state index in [4.69, 9.17) is 16.3 Å². The first-order chi connectivity index (χ1) is 17.9. The quantitative estimate of drug-likeness (QED) is 0.367. The zero-order valence-corrected chi connectivity index (χ0v) is 22.3. The number of nitrogens with one attached hydrogen (secondary N) is 2. The predicted octanol–water partition coefficient (Wildman–Crippen LogP) is 4.85. The molecule has 9 heteroatoms. The molecule has 0 bridgehead atoms. The summed E-state index contributed by atoms with van der Waals surface area (Å²) in [6, 6.07) is 12.0. The smallest absolute Gasteiger partial charge is 0.229 e. The monoisotopic (exact) mass is 520 g/mol. The predicted molar refractivity (Wildman–Crippen MR) is 150 cm³/mol. The summed E-state index contributed by atoms with van der Waals surface area (Å²) >= 11 is 6.38. The van der Waals surface area contributed by atoms with Crippen molar-refractivity contribution in [2.24, 2.45) is 0 Å². The molecule has 0 atom stereocenters. The molecular formula is C28H33ClN6O2. The van der Waals surface area contributed by atoms with Crippen LogP contribution in [-0.2, 0) is 17.8 Å². The third-order valence-corrected chi connectivity index (χ3v) is 6.69. The molecule has 1 aliphatic heterocycles. The summed E-state index contributed by atoms with van der Waals surface area (Å²) in [5.74, 6) is 1.62. The third-order valence-electron chi connectivity index (χ3n) is 6.41. The van der Waals surface area contributed by atoms with Gasteiger partial charge in [0.2, 0.25) is 5.95 Å². The fourth-order valence-corrected chi connectivity index (χ4v) is 4.47. The highest BCUT2D eigenvalue weighted by Gasteiger charge is 2.19. The van der Waals surface area contributed by atoms with Gasteiger partial charge in [0, 0.05) is 50.9 Å². The van der Waals surface area contributed by atoms with Crippen molar-refractivity contribution < 1.29 is 9.53 Å². The van der Waals surface area contributed by atoms with Gasteiger partial charge in [0.15, 0.2) is 11.6 Å². The molecule has 1 saturated heterocycles. The summed E-state index contributed by atoms with van der Waals surface area (Å²) in [5, 5.41) is 6.97. The van der Waals surface area contributed by atoms with Gasteiger partial charge >= 0.3 is 0 Å². The number of nitrogens with zero attached hydrogens (tertiary/aromatic N) is 4. The van der Waals surface area contributed by atoms with E-state index in [1.807, 2.05) is 24.3 Å². The Kier molecular flexibility index (Phi) is 8.63. The molecule has 8 nitrogen and oxygen atoms in total. The second-order valence-corrected chi connectivity index (χ2v) is 9.57. The maximum Gasteiger partial charge on any atom is 0.229 e. The van der Waals surface area contributed by atoms with Crippen molar-refractivity contribution in [2.75, 3.05) is 55.9 Å². The lowest BCUT2D eigenvalue weighted by Gasteiger charge is -2.35. The average molecular weight is 521 g/mol. The zero-order chi connectivity index (χ0) is 26.4. The first kappa shape index (κ1) is 26.4. The largest absolute Gasteiger partial charge is 0.494 e. The molecule has 1 aromatic heterocycles. The number of hydrogen-bond acceptors (Lipinski definition) is 8. The number of anilines is 4. The highest BCUT2D eigenvalue weighted by molar-refractivity contribution is 6.32. The van der Waals surface area contributed by atoms with Gasteiger partial charge in [-0.25, -0.2) is 4.98 Å². The lowest BCUT2D eigenvalue weighted by atomic mass is 10.1. The maximum atomic E-state index is 11.7. The Morgan fingerprint density at radius 3 is 2.68 bits per heavy atom. The number of ether oxygens (including phenoxy) is 1. The van der Waals surface area contributed by atoms with Crippen molar-refractivity contribution in [1.29, 1.82) is 0 Å². The highest BCUT2D eigenvalue weighted by atomic mass is 35.5. The number of carbonyl (C=O) groups excluding carboxylic acids is 1. The molecule has 1 fully saturated rings. The molecule has 1 aliphatic rings. The van der Waals surface area contributed by atoms with Crippen LogP contribution in [-0.4, -0.2) is 61.0 Å². The fraction of sp³-hybridized carbons (Fsp3) is 0.321. The van der Waals surface area contributed by atoms with Crippen LogP contribution in [0, 0.1) is 6.92 Å². The second kappa shape index (κ2) is 12.1. The number of benzene rings is 2. The van der Waals surface area contributed by atoms with Crippen LogP contribution >= 0.6 is 11.6 Å². The number of aromatic nitrogens is 2. The number of carbonyl (C=O) groups is 1. The minimum Gasteiger partial charge on any atom is -0.494 e. The van der Waals surface area contributed by atoms with Crippen molar-refractivity contribution in [1.82, 2.24) is 14.9 Å². The Labute approximate surface area is 223 Å². The van der Waals surface area contributed by atoms with Gasteiger partial charge in [0.05, 0.1) is 19.0 Å². The Balaban J connectivity index is 1.48. The summed E-state index contributed by atoms with van der Waals surface area (Å²) < 4.78 is 5.70. The number of methoxy groups -OCH3 is 1. The van der Waals surface area contributed by atoms with E-state index in [2.05, 4.69) is 63.1 Å². The molecule has 0 saturated carbocycles. The van der Waals surface area contributed by atoms with Crippen molar-refractivity contribution in [2.45, 2.75) is 19.9 Å². The first-order valence-electron chi connectivity index (χ1n) is 12.2. The average Bonchev–Trinajstić information content (AvgIpc) is 2.90. The van der Waals surface area contributed by atoms with Crippen molar-refractivity contribution >= 4 is 40.5 Å². The van der Waals surface area contributed by atoms with Crippen LogP contribution in [0.1, 0.15) is 16.7 Å². The van der Waals surface area contributed by atoms with Crippen LogP contribution in [0.25, 0.3) is 0 Å². The summed E-state index contributed by atoms with van der Waals surface area (Å²) in [5.41, 5.74) is 5.05. The van der Waals surface area contributed by atoms with Gasteiger partial charge in [0.25, 0.3) is 0 Å². The fourth-order valence-electron chi connectivity index (χ4n) is 4.31. The van der Waals surface area contributed by atoms with Crippen LogP contribution in [0.4, 0.5) is 23.1 Å². The zero-order valence-electron chi connectivity index (χ0n) is 21.6.